The van der Waals surface area contributed by atoms with Crippen LogP contribution in [0.4, 0.5) is 0 Å². The van der Waals surface area contributed by atoms with Crippen LogP contribution in [0.2, 0.25) is 0 Å². The average Bonchev–Trinajstić information content (AvgIpc) is 2.65. The zero-order valence-electron chi connectivity index (χ0n) is 13.9. The van der Waals surface area contributed by atoms with E-state index in [1.807, 2.05) is 27.7 Å². The summed E-state index contributed by atoms with van der Waals surface area (Å²) in [6.07, 6.45) is 0. The average molecular weight is 311 g/mol. The van der Waals surface area contributed by atoms with Gasteiger partial charge in [0.1, 0.15) is 4.88 Å². The normalized spacial score (nSPS) is 12.1. The number of thiazole rings is 1. The summed E-state index contributed by atoms with van der Waals surface area (Å²) >= 11 is 1.38. The van der Waals surface area contributed by atoms with Crippen molar-refractivity contribution in [3.05, 3.63) is 15.6 Å². The zero-order valence-corrected chi connectivity index (χ0v) is 14.7. The molecule has 0 unspecified atom stereocenters. The topological polar surface area (TPSA) is 71.1 Å². The maximum atomic E-state index is 12.2. The SMILES string of the molecule is Cc1nc(C(C)(C)C)sc1C(=O)NCC(=O)NC(C)(C)C. The summed E-state index contributed by atoms with van der Waals surface area (Å²) in [6, 6.07) is 0. The molecular formula is C15H25N3O2S. The molecule has 0 atom stereocenters. The van der Waals surface area contributed by atoms with Gasteiger partial charge >= 0.3 is 0 Å². The Balaban J connectivity index is 2.69. The molecule has 21 heavy (non-hydrogen) atoms. The van der Waals surface area contributed by atoms with Gasteiger partial charge in [0, 0.05) is 11.0 Å². The minimum atomic E-state index is -0.304. The largest absolute Gasteiger partial charge is 0.350 e. The smallest absolute Gasteiger partial charge is 0.263 e. The molecule has 118 valence electrons. The predicted molar refractivity (Wildman–Crippen MR) is 85.8 cm³/mol. The van der Waals surface area contributed by atoms with Gasteiger partial charge in [-0.05, 0) is 27.7 Å². The highest BCUT2D eigenvalue weighted by molar-refractivity contribution is 7.14. The van der Waals surface area contributed by atoms with Crippen LogP contribution in [-0.2, 0) is 10.2 Å². The minimum absolute atomic E-state index is 0.0295. The lowest BCUT2D eigenvalue weighted by atomic mass is 9.98. The molecule has 2 N–H and O–H groups in total. The second kappa shape index (κ2) is 6.13. The molecule has 0 bridgehead atoms. The second-order valence-corrected chi connectivity index (χ2v) is 8.16. The molecular weight excluding hydrogens is 286 g/mol. The minimum Gasteiger partial charge on any atom is -0.350 e. The lowest BCUT2D eigenvalue weighted by Crippen LogP contribution is -2.45. The Morgan fingerprint density at radius 2 is 1.71 bits per heavy atom. The van der Waals surface area contributed by atoms with Gasteiger partial charge in [0.05, 0.1) is 17.2 Å². The molecule has 0 aliphatic carbocycles. The van der Waals surface area contributed by atoms with E-state index in [0.29, 0.717) is 10.6 Å². The number of hydrogen-bond donors (Lipinski definition) is 2. The van der Waals surface area contributed by atoms with Crippen LogP contribution in [0.25, 0.3) is 0 Å². The van der Waals surface area contributed by atoms with E-state index in [0.717, 1.165) is 5.01 Å². The molecule has 6 heteroatoms. The van der Waals surface area contributed by atoms with Crippen LogP contribution in [-0.4, -0.2) is 28.9 Å². The van der Waals surface area contributed by atoms with Crippen molar-refractivity contribution in [2.75, 3.05) is 6.54 Å². The van der Waals surface area contributed by atoms with Crippen LogP contribution in [0.5, 0.6) is 0 Å². The van der Waals surface area contributed by atoms with Crippen molar-refractivity contribution >= 4 is 23.2 Å². The summed E-state index contributed by atoms with van der Waals surface area (Å²) < 4.78 is 0. The summed E-state index contributed by atoms with van der Waals surface area (Å²) in [7, 11) is 0. The van der Waals surface area contributed by atoms with Gasteiger partial charge in [0.15, 0.2) is 0 Å². The van der Waals surface area contributed by atoms with Crippen LogP contribution in [0.3, 0.4) is 0 Å². The van der Waals surface area contributed by atoms with Crippen LogP contribution < -0.4 is 10.6 Å². The highest BCUT2D eigenvalue weighted by Gasteiger charge is 2.23. The molecule has 1 rings (SSSR count). The molecule has 0 aliphatic heterocycles. The molecule has 0 spiro atoms. The van der Waals surface area contributed by atoms with Crippen molar-refractivity contribution in [1.29, 1.82) is 0 Å². The van der Waals surface area contributed by atoms with E-state index in [-0.39, 0.29) is 29.3 Å². The van der Waals surface area contributed by atoms with Crippen LogP contribution >= 0.6 is 11.3 Å². The number of nitrogens with one attached hydrogen (secondary N) is 2. The fraction of sp³-hybridized carbons (Fsp3) is 0.667. The van der Waals surface area contributed by atoms with E-state index >= 15 is 0 Å². The first-order chi connectivity index (χ1) is 9.40. The summed E-state index contributed by atoms with van der Waals surface area (Å²) in [4.78, 5) is 28.9. The molecule has 0 saturated heterocycles. The van der Waals surface area contributed by atoms with E-state index < -0.39 is 0 Å². The lowest BCUT2D eigenvalue weighted by molar-refractivity contribution is -0.121. The van der Waals surface area contributed by atoms with Gasteiger partial charge in [-0.2, -0.15) is 0 Å². The number of aryl methyl sites for hydroxylation is 1. The van der Waals surface area contributed by atoms with Crippen molar-refractivity contribution in [2.45, 2.75) is 59.4 Å². The van der Waals surface area contributed by atoms with Gasteiger partial charge in [0.2, 0.25) is 5.91 Å². The number of aromatic nitrogens is 1. The predicted octanol–water partition coefficient (Wildman–Crippen LogP) is 2.39. The van der Waals surface area contributed by atoms with Crippen LogP contribution in [0.1, 0.15) is 61.9 Å². The summed E-state index contributed by atoms with van der Waals surface area (Å²) in [5, 5.41) is 6.37. The molecule has 0 radical (unpaired) electrons. The lowest BCUT2D eigenvalue weighted by Gasteiger charge is -2.20. The Kier molecular flexibility index (Phi) is 5.15. The molecule has 5 nitrogen and oxygen atoms in total. The number of carbonyl (C=O) groups is 2. The quantitative estimate of drug-likeness (QED) is 0.900. The fourth-order valence-corrected chi connectivity index (χ4v) is 2.67. The number of nitrogens with zero attached hydrogens (tertiary/aromatic N) is 1. The number of amides is 2. The summed E-state index contributed by atoms with van der Waals surface area (Å²) in [5.41, 5.74) is 0.317. The van der Waals surface area contributed by atoms with Crippen molar-refractivity contribution in [3.8, 4) is 0 Å². The Morgan fingerprint density at radius 1 is 1.14 bits per heavy atom. The third-order valence-electron chi connectivity index (χ3n) is 2.57. The van der Waals surface area contributed by atoms with E-state index in [2.05, 4.69) is 36.4 Å². The number of hydrogen-bond acceptors (Lipinski definition) is 4. The third kappa shape index (κ3) is 5.46. The molecule has 1 aromatic rings. The molecule has 1 heterocycles. The van der Waals surface area contributed by atoms with Crippen LogP contribution in [0, 0.1) is 6.92 Å². The van der Waals surface area contributed by atoms with Gasteiger partial charge in [-0.1, -0.05) is 20.8 Å². The van der Waals surface area contributed by atoms with E-state index in [9.17, 15) is 9.59 Å². The Bertz CT molecular complexity index is 536. The Hall–Kier alpha value is -1.43. The van der Waals surface area contributed by atoms with Gasteiger partial charge in [-0.25, -0.2) is 4.98 Å². The summed E-state index contributed by atoms with van der Waals surface area (Å²) in [5.74, 6) is -0.446. The Labute approximate surface area is 130 Å². The molecule has 0 aliphatic rings. The summed E-state index contributed by atoms with van der Waals surface area (Å²) in [6.45, 7) is 13.7. The first-order valence-corrected chi connectivity index (χ1v) is 7.79. The van der Waals surface area contributed by atoms with E-state index in [4.69, 9.17) is 0 Å². The van der Waals surface area contributed by atoms with Gasteiger partial charge in [-0.15, -0.1) is 11.3 Å². The fourth-order valence-electron chi connectivity index (χ4n) is 1.63. The molecule has 0 saturated carbocycles. The second-order valence-electron chi connectivity index (χ2n) is 7.16. The van der Waals surface area contributed by atoms with Gasteiger partial charge in [0.25, 0.3) is 5.91 Å². The first-order valence-electron chi connectivity index (χ1n) is 6.97. The highest BCUT2D eigenvalue weighted by Crippen LogP contribution is 2.29. The maximum Gasteiger partial charge on any atom is 0.263 e. The molecule has 0 aromatic carbocycles. The van der Waals surface area contributed by atoms with E-state index in [1.165, 1.54) is 11.3 Å². The molecule has 2 amide bonds. The van der Waals surface area contributed by atoms with Crippen LogP contribution in [0.15, 0.2) is 0 Å². The Morgan fingerprint density at radius 3 is 2.14 bits per heavy atom. The third-order valence-corrected chi connectivity index (χ3v) is 4.15. The first kappa shape index (κ1) is 17.6. The standard InChI is InChI=1S/C15H25N3O2S/c1-9-11(21-13(17-9)14(2,3)4)12(20)16-8-10(19)18-15(5,6)7/h8H2,1-7H3,(H,16,20)(H,18,19). The van der Waals surface area contributed by atoms with Gasteiger partial charge in [-0.3, -0.25) is 9.59 Å². The van der Waals surface area contributed by atoms with Crippen molar-refractivity contribution in [3.63, 3.8) is 0 Å². The van der Waals surface area contributed by atoms with Crippen molar-refractivity contribution < 1.29 is 9.59 Å². The van der Waals surface area contributed by atoms with Crippen molar-refractivity contribution in [1.82, 2.24) is 15.6 Å². The molecule has 0 fully saturated rings. The number of rotatable bonds is 3. The van der Waals surface area contributed by atoms with E-state index in [1.54, 1.807) is 0 Å². The van der Waals surface area contributed by atoms with Gasteiger partial charge < -0.3 is 10.6 Å². The monoisotopic (exact) mass is 311 g/mol. The zero-order chi connectivity index (χ0) is 16.4. The molecule has 1 aromatic heterocycles. The number of carbonyl (C=O) groups excluding carboxylic acids is 2. The van der Waals surface area contributed by atoms with Crippen molar-refractivity contribution in [2.24, 2.45) is 0 Å². The maximum absolute atomic E-state index is 12.2. The highest BCUT2D eigenvalue weighted by atomic mass is 32.1.